The topological polar surface area (TPSA) is 65.8 Å². The van der Waals surface area contributed by atoms with E-state index in [1.54, 1.807) is 12.4 Å². The maximum absolute atomic E-state index is 4.58. The number of imidazole rings is 2. The van der Waals surface area contributed by atoms with Gasteiger partial charge in [0.15, 0.2) is 5.82 Å². The third-order valence-corrected chi connectivity index (χ3v) is 4.63. The Balaban J connectivity index is 1.74. The molecule has 4 heterocycles. The smallest absolute Gasteiger partial charge is 0.234 e. The van der Waals surface area contributed by atoms with E-state index in [2.05, 4.69) is 36.0 Å². The lowest BCUT2D eigenvalue weighted by Crippen LogP contribution is -2.03. The summed E-state index contributed by atoms with van der Waals surface area (Å²) in [6.07, 6.45) is 7.38. The van der Waals surface area contributed by atoms with E-state index < -0.39 is 0 Å². The van der Waals surface area contributed by atoms with E-state index in [1.165, 1.54) is 0 Å². The lowest BCUT2D eigenvalue weighted by atomic mass is 10.3. The van der Waals surface area contributed by atoms with Gasteiger partial charge in [0.25, 0.3) is 0 Å². The predicted molar refractivity (Wildman–Crippen MR) is 89.0 cm³/mol. The highest BCUT2D eigenvalue weighted by Gasteiger charge is 2.15. The first-order valence-corrected chi connectivity index (χ1v) is 7.92. The number of hydrogen-bond acceptors (Lipinski definition) is 4. The molecule has 0 aliphatic heterocycles. The summed E-state index contributed by atoms with van der Waals surface area (Å²) in [5, 5.41) is 4.50. The first-order valence-electron chi connectivity index (χ1n) is 7.13. The second-order valence-corrected chi connectivity index (χ2v) is 6.06. The fourth-order valence-corrected chi connectivity index (χ4v) is 3.00. The van der Waals surface area contributed by atoms with Gasteiger partial charge in [0.05, 0.1) is 12.2 Å². The van der Waals surface area contributed by atoms with Crippen LogP contribution in [0, 0.1) is 6.92 Å². The van der Waals surface area contributed by atoms with E-state index in [-0.39, 0.29) is 0 Å². The van der Waals surface area contributed by atoms with Crippen molar-refractivity contribution < 1.29 is 0 Å². The number of hydrogen-bond donors (Lipinski definition) is 0. The van der Waals surface area contributed by atoms with Crippen molar-refractivity contribution in [2.45, 2.75) is 13.5 Å². The number of fused-ring (bicyclic) bond motifs is 1. The molecule has 0 saturated carbocycles. The minimum Gasteiger partial charge on any atom is -0.324 e. The Bertz CT molecular complexity index is 975. The molecule has 0 bridgehead atoms. The van der Waals surface area contributed by atoms with Gasteiger partial charge in [0.1, 0.15) is 10.3 Å². The highest BCUT2D eigenvalue weighted by molar-refractivity contribution is 9.10. The minimum atomic E-state index is 0.592. The number of aromatic nitrogens is 7. The molecule has 0 fully saturated rings. The summed E-state index contributed by atoms with van der Waals surface area (Å²) in [4.78, 5) is 13.3. The van der Waals surface area contributed by atoms with Gasteiger partial charge >= 0.3 is 0 Å². The molecule has 4 aromatic rings. The fraction of sp³-hybridized carbons (Fsp3) is 0.200. The Morgan fingerprint density at radius 2 is 2.04 bits per heavy atom. The van der Waals surface area contributed by atoms with Crippen LogP contribution >= 0.6 is 15.9 Å². The maximum atomic E-state index is 4.58. The van der Waals surface area contributed by atoms with Crippen LogP contribution in [-0.4, -0.2) is 33.7 Å². The van der Waals surface area contributed by atoms with E-state index in [1.807, 2.05) is 52.1 Å². The van der Waals surface area contributed by atoms with Crippen molar-refractivity contribution in [2.75, 3.05) is 0 Å². The monoisotopic (exact) mass is 371 g/mol. The molecule has 4 aromatic heterocycles. The molecule has 0 saturated heterocycles. The Morgan fingerprint density at radius 3 is 2.78 bits per heavy atom. The summed E-state index contributed by atoms with van der Waals surface area (Å²) in [6.45, 7) is 2.61. The van der Waals surface area contributed by atoms with Crippen molar-refractivity contribution in [3.63, 3.8) is 0 Å². The second kappa shape index (κ2) is 5.31. The third kappa shape index (κ3) is 2.35. The van der Waals surface area contributed by atoms with Crippen LogP contribution in [0.25, 0.3) is 17.3 Å². The highest BCUT2D eigenvalue weighted by Crippen LogP contribution is 2.22. The summed E-state index contributed by atoms with van der Waals surface area (Å²) < 4.78 is 6.70. The van der Waals surface area contributed by atoms with Gasteiger partial charge in [-0.1, -0.05) is 0 Å². The normalized spacial score (nSPS) is 11.4. The Kier molecular flexibility index (Phi) is 3.26. The average Bonchev–Trinajstić information content (AvgIpc) is 3.21. The average molecular weight is 372 g/mol. The fourth-order valence-electron chi connectivity index (χ4n) is 2.51. The molecule has 0 spiro atoms. The van der Waals surface area contributed by atoms with Gasteiger partial charge in [-0.05, 0) is 35.0 Å². The number of rotatable bonds is 3. The molecule has 0 radical (unpaired) electrons. The SMILES string of the molecule is Cc1cc(-c2nccn2Cc2nc3ncccn3c2Br)nn1C. The van der Waals surface area contributed by atoms with Crippen molar-refractivity contribution in [1.29, 1.82) is 0 Å². The van der Waals surface area contributed by atoms with Gasteiger partial charge in [-0.25, -0.2) is 15.0 Å². The molecule has 0 atom stereocenters. The van der Waals surface area contributed by atoms with Crippen LogP contribution in [-0.2, 0) is 13.6 Å². The van der Waals surface area contributed by atoms with Gasteiger partial charge in [-0.3, -0.25) is 9.08 Å². The quantitative estimate of drug-likeness (QED) is 0.554. The maximum Gasteiger partial charge on any atom is 0.234 e. The first-order chi connectivity index (χ1) is 11.1. The van der Waals surface area contributed by atoms with Gasteiger partial charge in [-0.15, -0.1) is 0 Å². The van der Waals surface area contributed by atoms with Gasteiger partial charge < -0.3 is 4.57 Å². The van der Waals surface area contributed by atoms with E-state index >= 15 is 0 Å². The van der Waals surface area contributed by atoms with E-state index in [9.17, 15) is 0 Å². The van der Waals surface area contributed by atoms with Gasteiger partial charge in [0.2, 0.25) is 5.78 Å². The summed E-state index contributed by atoms with van der Waals surface area (Å²) in [6, 6.07) is 3.90. The zero-order valence-corrected chi connectivity index (χ0v) is 14.3. The predicted octanol–water partition coefficient (Wildman–Crippen LogP) is 2.45. The van der Waals surface area contributed by atoms with Crippen LogP contribution in [0.5, 0.6) is 0 Å². The molecule has 0 N–H and O–H groups in total. The highest BCUT2D eigenvalue weighted by atomic mass is 79.9. The van der Waals surface area contributed by atoms with Crippen LogP contribution < -0.4 is 0 Å². The largest absolute Gasteiger partial charge is 0.324 e. The van der Waals surface area contributed by atoms with Crippen LogP contribution in [0.4, 0.5) is 0 Å². The molecule has 0 unspecified atom stereocenters. The molecule has 4 rings (SSSR count). The number of halogens is 1. The van der Waals surface area contributed by atoms with E-state index in [4.69, 9.17) is 0 Å². The molecular formula is C15H14BrN7. The molecule has 0 aliphatic carbocycles. The Morgan fingerprint density at radius 1 is 1.17 bits per heavy atom. The lowest BCUT2D eigenvalue weighted by Gasteiger charge is -2.04. The molecule has 23 heavy (non-hydrogen) atoms. The van der Waals surface area contributed by atoms with E-state index in [0.717, 1.165) is 27.5 Å². The zero-order chi connectivity index (χ0) is 16.0. The first kappa shape index (κ1) is 14.1. The molecule has 8 heteroatoms. The Labute approximate surface area is 140 Å². The van der Waals surface area contributed by atoms with Crippen molar-refractivity contribution >= 4 is 21.7 Å². The van der Waals surface area contributed by atoms with Gasteiger partial charge in [-0.2, -0.15) is 5.10 Å². The standard InChI is InChI=1S/C15H14BrN7/c1-10-8-11(20-21(10)2)14-17-5-7-22(14)9-12-13(16)23-6-3-4-18-15(23)19-12/h3-8H,9H2,1-2H3. The third-order valence-electron chi connectivity index (χ3n) is 3.79. The van der Waals surface area contributed by atoms with Crippen LogP contribution in [0.1, 0.15) is 11.4 Å². The minimum absolute atomic E-state index is 0.592. The van der Waals surface area contributed by atoms with Gasteiger partial charge in [0, 0.05) is 37.5 Å². The van der Waals surface area contributed by atoms with Crippen LogP contribution in [0.2, 0.25) is 0 Å². The second-order valence-electron chi connectivity index (χ2n) is 5.31. The zero-order valence-electron chi connectivity index (χ0n) is 12.7. The Hall–Kier alpha value is -2.48. The lowest BCUT2D eigenvalue weighted by molar-refractivity contribution is 0.732. The van der Waals surface area contributed by atoms with Crippen molar-refractivity contribution in [1.82, 2.24) is 33.7 Å². The molecule has 0 aromatic carbocycles. The van der Waals surface area contributed by atoms with Crippen molar-refractivity contribution in [3.05, 3.63) is 52.9 Å². The summed E-state index contributed by atoms with van der Waals surface area (Å²) >= 11 is 3.60. The summed E-state index contributed by atoms with van der Waals surface area (Å²) in [5.74, 6) is 1.50. The molecule has 0 aliphatic rings. The number of nitrogens with zero attached hydrogens (tertiary/aromatic N) is 7. The van der Waals surface area contributed by atoms with Crippen molar-refractivity contribution in [3.8, 4) is 11.5 Å². The number of aryl methyl sites for hydroxylation is 2. The van der Waals surface area contributed by atoms with Crippen molar-refractivity contribution in [2.24, 2.45) is 7.05 Å². The molecule has 116 valence electrons. The van der Waals surface area contributed by atoms with Crippen LogP contribution in [0.15, 0.2) is 41.5 Å². The summed E-state index contributed by atoms with van der Waals surface area (Å²) in [5.41, 5.74) is 2.84. The molecule has 7 nitrogen and oxygen atoms in total. The molecule has 0 amide bonds. The van der Waals surface area contributed by atoms with E-state index in [0.29, 0.717) is 12.3 Å². The van der Waals surface area contributed by atoms with Crippen LogP contribution in [0.3, 0.4) is 0 Å². The molecular weight excluding hydrogens is 358 g/mol. The summed E-state index contributed by atoms with van der Waals surface area (Å²) in [7, 11) is 1.93.